The number of carbonyl (C=O) groups is 1. The molecule has 30 heavy (non-hydrogen) atoms. The van der Waals surface area contributed by atoms with Gasteiger partial charge >= 0.3 is 0 Å². The number of hydrogen-bond acceptors (Lipinski definition) is 3. The molecule has 1 unspecified atom stereocenters. The molecule has 0 saturated heterocycles. The Hall–Kier alpha value is -3.79. The molecular formula is C26H23N3O. The van der Waals surface area contributed by atoms with E-state index in [1.165, 1.54) is 0 Å². The molecule has 2 aromatic carbocycles. The van der Waals surface area contributed by atoms with E-state index in [0.29, 0.717) is 11.3 Å². The molecule has 0 aliphatic carbocycles. The van der Waals surface area contributed by atoms with E-state index >= 15 is 0 Å². The minimum atomic E-state index is -0.284. The second-order valence-corrected chi connectivity index (χ2v) is 7.18. The van der Waals surface area contributed by atoms with E-state index in [4.69, 9.17) is 0 Å². The van der Waals surface area contributed by atoms with Crippen LogP contribution in [0, 0.1) is 6.92 Å². The Balaban J connectivity index is 1.69. The fraction of sp³-hybridized carbons (Fsp3) is 0.115. The van der Waals surface area contributed by atoms with Crippen molar-refractivity contribution in [3.8, 4) is 11.3 Å². The lowest BCUT2D eigenvalue weighted by molar-refractivity contribution is 0.0751. The number of aryl methyl sites for hydroxylation is 1. The molecule has 0 bridgehead atoms. The van der Waals surface area contributed by atoms with E-state index in [-0.39, 0.29) is 11.9 Å². The molecule has 0 aliphatic heterocycles. The van der Waals surface area contributed by atoms with Crippen molar-refractivity contribution in [2.45, 2.75) is 13.0 Å². The third-order valence-electron chi connectivity index (χ3n) is 5.18. The lowest BCUT2D eigenvalue weighted by Gasteiger charge is -2.29. The predicted molar refractivity (Wildman–Crippen MR) is 119 cm³/mol. The van der Waals surface area contributed by atoms with Gasteiger partial charge in [-0.25, -0.2) is 0 Å². The maximum Gasteiger partial charge on any atom is 0.256 e. The average molecular weight is 393 g/mol. The Kier molecular flexibility index (Phi) is 5.66. The average Bonchev–Trinajstić information content (AvgIpc) is 2.81. The van der Waals surface area contributed by atoms with E-state index in [1.54, 1.807) is 11.1 Å². The van der Waals surface area contributed by atoms with Crippen LogP contribution in [-0.2, 0) is 0 Å². The number of aromatic nitrogens is 2. The van der Waals surface area contributed by atoms with Crippen molar-refractivity contribution in [2.75, 3.05) is 7.05 Å². The summed E-state index contributed by atoms with van der Waals surface area (Å²) in [6.07, 6.45) is 1.76. The SMILES string of the molecule is Cc1nc(-c2ccccc2)ccc1C(=O)N(C)C(c1ccccc1)c1ccccn1. The minimum Gasteiger partial charge on any atom is -0.329 e. The summed E-state index contributed by atoms with van der Waals surface area (Å²) < 4.78 is 0. The van der Waals surface area contributed by atoms with E-state index in [0.717, 1.165) is 22.5 Å². The summed E-state index contributed by atoms with van der Waals surface area (Å²) in [5.41, 5.74) is 5.03. The molecule has 4 aromatic rings. The molecule has 4 nitrogen and oxygen atoms in total. The van der Waals surface area contributed by atoms with E-state index < -0.39 is 0 Å². The summed E-state index contributed by atoms with van der Waals surface area (Å²) >= 11 is 0. The summed E-state index contributed by atoms with van der Waals surface area (Å²) in [6.45, 7) is 1.88. The molecule has 2 aromatic heterocycles. The van der Waals surface area contributed by atoms with Crippen LogP contribution in [0.3, 0.4) is 0 Å². The van der Waals surface area contributed by atoms with Crippen molar-refractivity contribution < 1.29 is 4.79 Å². The zero-order chi connectivity index (χ0) is 20.9. The zero-order valence-corrected chi connectivity index (χ0v) is 17.1. The molecule has 0 aliphatic rings. The summed E-state index contributed by atoms with van der Waals surface area (Å²) in [5, 5.41) is 0. The topological polar surface area (TPSA) is 46.1 Å². The first kappa shape index (κ1) is 19.5. The molecule has 4 heteroatoms. The summed E-state index contributed by atoms with van der Waals surface area (Å²) in [4.78, 5) is 24.4. The molecular weight excluding hydrogens is 370 g/mol. The second-order valence-electron chi connectivity index (χ2n) is 7.18. The fourth-order valence-corrected chi connectivity index (χ4v) is 3.63. The summed E-state index contributed by atoms with van der Waals surface area (Å²) in [6, 6.07) is 29.2. The molecule has 0 radical (unpaired) electrons. The van der Waals surface area contributed by atoms with Gasteiger partial charge in [-0.3, -0.25) is 14.8 Å². The first-order valence-corrected chi connectivity index (χ1v) is 9.91. The Morgan fingerprint density at radius 1 is 0.833 bits per heavy atom. The first-order chi connectivity index (χ1) is 14.6. The van der Waals surface area contributed by atoms with Gasteiger partial charge in [0.1, 0.15) is 0 Å². The number of amides is 1. The number of pyridine rings is 2. The van der Waals surface area contributed by atoms with Crippen molar-refractivity contribution in [2.24, 2.45) is 0 Å². The normalized spacial score (nSPS) is 11.7. The maximum absolute atomic E-state index is 13.5. The highest BCUT2D eigenvalue weighted by Gasteiger charge is 2.26. The lowest BCUT2D eigenvalue weighted by Crippen LogP contribution is -2.33. The van der Waals surface area contributed by atoms with Crippen LogP contribution in [0.4, 0.5) is 0 Å². The molecule has 1 atom stereocenters. The van der Waals surface area contributed by atoms with Crippen molar-refractivity contribution in [1.82, 2.24) is 14.9 Å². The van der Waals surface area contributed by atoms with Gasteiger partial charge in [0.25, 0.3) is 5.91 Å². The van der Waals surface area contributed by atoms with E-state index in [9.17, 15) is 4.79 Å². The van der Waals surface area contributed by atoms with Crippen LogP contribution in [0.5, 0.6) is 0 Å². The van der Waals surface area contributed by atoms with Crippen molar-refractivity contribution in [3.63, 3.8) is 0 Å². The zero-order valence-electron chi connectivity index (χ0n) is 17.1. The first-order valence-electron chi connectivity index (χ1n) is 9.91. The van der Waals surface area contributed by atoms with Gasteiger partial charge in [-0.1, -0.05) is 66.7 Å². The highest BCUT2D eigenvalue weighted by atomic mass is 16.2. The molecule has 0 fully saturated rings. The highest BCUT2D eigenvalue weighted by Crippen LogP contribution is 2.28. The van der Waals surface area contributed by atoms with E-state index in [1.807, 2.05) is 105 Å². The van der Waals surface area contributed by atoms with Gasteiger partial charge in [-0.05, 0) is 36.8 Å². The Labute approximate surface area is 176 Å². The standard InChI is InChI=1S/C26H23N3O/c1-19-22(16-17-23(28-19)20-11-5-3-6-12-20)26(30)29(2)25(21-13-7-4-8-14-21)24-15-9-10-18-27-24/h3-18,25H,1-2H3. The highest BCUT2D eigenvalue weighted by molar-refractivity contribution is 5.95. The fourth-order valence-electron chi connectivity index (χ4n) is 3.63. The summed E-state index contributed by atoms with van der Waals surface area (Å²) in [7, 11) is 1.82. The van der Waals surface area contributed by atoms with Gasteiger partial charge in [0.15, 0.2) is 0 Å². The third-order valence-corrected chi connectivity index (χ3v) is 5.18. The van der Waals surface area contributed by atoms with Crippen LogP contribution < -0.4 is 0 Å². The molecule has 4 rings (SSSR count). The number of hydrogen-bond donors (Lipinski definition) is 0. The largest absolute Gasteiger partial charge is 0.329 e. The van der Waals surface area contributed by atoms with E-state index in [2.05, 4.69) is 9.97 Å². The van der Waals surface area contributed by atoms with Crippen LogP contribution in [0.1, 0.15) is 33.4 Å². The van der Waals surface area contributed by atoms with Gasteiger partial charge in [0.2, 0.25) is 0 Å². The molecule has 0 spiro atoms. The number of carbonyl (C=O) groups excluding carboxylic acids is 1. The van der Waals surface area contributed by atoms with Crippen LogP contribution in [0.2, 0.25) is 0 Å². The smallest absolute Gasteiger partial charge is 0.256 e. The number of nitrogens with zero attached hydrogens (tertiary/aromatic N) is 3. The van der Waals surface area contributed by atoms with Crippen molar-refractivity contribution >= 4 is 5.91 Å². The number of rotatable bonds is 5. The molecule has 148 valence electrons. The predicted octanol–water partition coefficient (Wildman–Crippen LogP) is 5.31. The monoisotopic (exact) mass is 393 g/mol. The van der Waals surface area contributed by atoms with Gasteiger partial charge in [-0.2, -0.15) is 0 Å². The minimum absolute atomic E-state index is 0.0842. The van der Waals surface area contributed by atoms with Crippen molar-refractivity contribution in [3.05, 3.63) is 120 Å². The summed E-state index contributed by atoms with van der Waals surface area (Å²) in [5.74, 6) is -0.0842. The van der Waals surface area contributed by atoms with Crippen molar-refractivity contribution in [1.29, 1.82) is 0 Å². The van der Waals surface area contributed by atoms with Crippen LogP contribution in [0.25, 0.3) is 11.3 Å². The molecule has 2 heterocycles. The number of benzene rings is 2. The maximum atomic E-state index is 13.5. The third kappa shape index (κ3) is 3.98. The van der Waals surface area contributed by atoms with Crippen LogP contribution in [0.15, 0.2) is 97.2 Å². The van der Waals surface area contributed by atoms with Gasteiger partial charge in [-0.15, -0.1) is 0 Å². The molecule has 0 saturated carbocycles. The Bertz CT molecular complexity index is 1090. The van der Waals surface area contributed by atoms with Crippen LogP contribution in [-0.4, -0.2) is 27.8 Å². The molecule has 1 amide bonds. The second kappa shape index (κ2) is 8.70. The van der Waals surface area contributed by atoms with Crippen LogP contribution >= 0.6 is 0 Å². The van der Waals surface area contributed by atoms with Gasteiger partial charge in [0, 0.05) is 18.8 Å². The quantitative estimate of drug-likeness (QED) is 0.461. The Morgan fingerprint density at radius 2 is 1.50 bits per heavy atom. The Morgan fingerprint density at radius 3 is 2.13 bits per heavy atom. The molecule has 0 N–H and O–H groups in total. The lowest BCUT2D eigenvalue weighted by atomic mass is 10.0. The van der Waals surface area contributed by atoms with Gasteiger partial charge in [0.05, 0.1) is 28.7 Å². The van der Waals surface area contributed by atoms with Gasteiger partial charge < -0.3 is 4.90 Å².